The van der Waals surface area contributed by atoms with E-state index in [1.165, 1.54) is 17.7 Å². The van der Waals surface area contributed by atoms with Crippen molar-refractivity contribution >= 4 is 23.3 Å². The molecule has 0 radical (unpaired) electrons. The summed E-state index contributed by atoms with van der Waals surface area (Å²) in [6.07, 6.45) is 4.28. The second kappa shape index (κ2) is 7.22. The molecule has 0 spiro atoms. The SMILES string of the molecule is C(=N\N(c1ccccc1)c1ccccc1)/c1ccc2c(c1)NCCC2. The van der Waals surface area contributed by atoms with Gasteiger partial charge >= 0.3 is 0 Å². The molecule has 0 unspecified atom stereocenters. The number of para-hydroxylation sites is 2. The van der Waals surface area contributed by atoms with Gasteiger partial charge in [-0.15, -0.1) is 0 Å². The predicted molar refractivity (Wildman–Crippen MR) is 106 cm³/mol. The maximum absolute atomic E-state index is 4.76. The first-order valence-electron chi connectivity index (χ1n) is 8.71. The molecule has 1 aliphatic heterocycles. The van der Waals surface area contributed by atoms with Crippen molar-refractivity contribution in [3.8, 4) is 0 Å². The molecule has 3 heteroatoms. The van der Waals surface area contributed by atoms with E-state index in [0.29, 0.717) is 0 Å². The highest BCUT2D eigenvalue weighted by molar-refractivity contribution is 5.84. The average molecular weight is 327 g/mol. The number of hydrazone groups is 1. The van der Waals surface area contributed by atoms with Crippen molar-refractivity contribution in [2.75, 3.05) is 16.9 Å². The first kappa shape index (κ1) is 15.5. The molecule has 124 valence electrons. The fourth-order valence-electron chi connectivity index (χ4n) is 3.10. The molecular weight excluding hydrogens is 306 g/mol. The summed E-state index contributed by atoms with van der Waals surface area (Å²) in [6.45, 7) is 1.05. The standard InChI is InChI=1S/C22H21N3/c1-3-9-20(10-4-1)25(21-11-5-2-6-12-21)24-17-18-13-14-19-8-7-15-23-22(19)16-18/h1-6,9-14,16-17,23H,7-8,15H2/b24-17+. The van der Waals surface area contributed by atoms with Crippen LogP contribution in [0.1, 0.15) is 17.5 Å². The van der Waals surface area contributed by atoms with Gasteiger partial charge < -0.3 is 5.32 Å². The van der Waals surface area contributed by atoms with Gasteiger partial charge in [0, 0.05) is 12.2 Å². The van der Waals surface area contributed by atoms with Crippen LogP contribution in [0.2, 0.25) is 0 Å². The molecule has 1 heterocycles. The molecule has 3 aromatic rings. The van der Waals surface area contributed by atoms with Crippen LogP contribution in [-0.2, 0) is 6.42 Å². The highest BCUT2D eigenvalue weighted by Crippen LogP contribution is 2.26. The summed E-state index contributed by atoms with van der Waals surface area (Å²) in [5.74, 6) is 0. The Morgan fingerprint density at radius 3 is 2.20 bits per heavy atom. The van der Waals surface area contributed by atoms with E-state index in [4.69, 9.17) is 5.10 Å². The van der Waals surface area contributed by atoms with Gasteiger partial charge in [0.1, 0.15) is 0 Å². The summed E-state index contributed by atoms with van der Waals surface area (Å²) in [5, 5.41) is 10.2. The van der Waals surface area contributed by atoms with Crippen LogP contribution in [0.15, 0.2) is 84.0 Å². The molecular formula is C22H21N3. The maximum atomic E-state index is 4.76. The first-order valence-corrected chi connectivity index (χ1v) is 8.71. The lowest BCUT2D eigenvalue weighted by Crippen LogP contribution is -2.12. The van der Waals surface area contributed by atoms with Gasteiger partial charge in [0.2, 0.25) is 0 Å². The minimum absolute atomic E-state index is 1.04. The monoisotopic (exact) mass is 327 g/mol. The number of hydrogen-bond acceptors (Lipinski definition) is 3. The molecule has 0 saturated carbocycles. The van der Waals surface area contributed by atoms with Crippen molar-refractivity contribution in [3.05, 3.63) is 90.0 Å². The average Bonchev–Trinajstić information content (AvgIpc) is 2.70. The Balaban J connectivity index is 1.66. The highest BCUT2D eigenvalue weighted by atomic mass is 15.5. The minimum Gasteiger partial charge on any atom is -0.385 e. The van der Waals surface area contributed by atoms with E-state index in [1.54, 1.807) is 0 Å². The molecule has 0 fully saturated rings. The summed E-state index contributed by atoms with van der Waals surface area (Å²) in [5.41, 5.74) is 5.82. The molecule has 1 aliphatic rings. The maximum Gasteiger partial charge on any atom is 0.0652 e. The third kappa shape index (κ3) is 3.56. The quantitative estimate of drug-likeness (QED) is 0.526. The zero-order chi connectivity index (χ0) is 16.9. The lowest BCUT2D eigenvalue weighted by atomic mass is 10.0. The molecule has 0 aliphatic carbocycles. The fraction of sp³-hybridized carbons (Fsp3) is 0.136. The first-order chi connectivity index (χ1) is 12.4. The molecule has 3 aromatic carbocycles. The Bertz CT molecular complexity index is 817. The third-order valence-corrected chi connectivity index (χ3v) is 4.40. The minimum atomic E-state index is 1.04. The van der Waals surface area contributed by atoms with Crippen LogP contribution in [0, 0.1) is 0 Å². The van der Waals surface area contributed by atoms with Gasteiger partial charge in [0.05, 0.1) is 17.6 Å². The largest absolute Gasteiger partial charge is 0.385 e. The lowest BCUT2D eigenvalue weighted by molar-refractivity contribution is 0.830. The van der Waals surface area contributed by atoms with Crippen LogP contribution < -0.4 is 10.3 Å². The molecule has 3 nitrogen and oxygen atoms in total. The van der Waals surface area contributed by atoms with Gasteiger partial charge in [-0.1, -0.05) is 48.5 Å². The van der Waals surface area contributed by atoms with Gasteiger partial charge in [-0.05, 0) is 54.3 Å². The number of aryl methyl sites for hydroxylation is 1. The van der Waals surface area contributed by atoms with E-state index >= 15 is 0 Å². The number of benzene rings is 3. The van der Waals surface area contributed by atoms with E-state index in [1.807, 2.05) is 47.6 Å². The molecule has 0 atom stereocenters. The van der Waals surface area contributed by atoms with Crippen LogP contribution in [0.25, 0.3) is 0 Å². The van der Waals surface area contributed by atoms with Gasteiger partial charge in [0.15, 0.2) is 0 Å². The smallest absolute Gasteiger partial charge is 0.0652 e. The summed E-state index contributed by atoms with van der Waals surface area (Å²) in [6, 6.07) is 27.0. The highest BCUT2D eigenvalue weighted by Gasteiger charge is 2.09. The number of hydrogen-bond donors (Lipinski definition) is 1. The summed E-state index contributed by atoms with van der Waals surface area (Å²) < 4.78 is 0. The molecule has 0 bridgehead atoms. The van der Waals surface area contributed by atoms with Crippen LogP contribution in [0.3, 0.4) is 0 Å². The van der Waals surface area contributed by atoms with Gasteiger partial charge in [-0.2, -0.15) is 5.10 Å². The van der Waals surface area contributed by atoms with Crippen molar-refractivity contribution in [1.82, 2.24) is 0 Å². The Labute approximate surface area is 148 Å². The van der Waals surface area contributed by atoms with Crippen molar-refractivity contribution < 1.29 is 0 Å². The Morgan fingerprint density at radius 2 is 1.52 bits per heavy atom. The number of nitrogens with zero attached hydrogens (tertiary/aromatic N) is 2. The van der Waals surface area contributed by atoms with Crippen molar-refractivity contribution in [2.24, 2.45) is 5.10 Å². The summed E-state index contributed by atoms with van der Waals surface area (Å²) in [4.78, 5) is 0. The van der Waals surface area contributed by atoms with Crippen LogP contribution in [-0.4, -0.2) is 12.8 Å². The second-order valence-corrected chi connectivity index (χ2v) is 6.17. The van der Waals surface area contributed by atoms with E-state index in [9.17, 15) is 0 Å². The molecule has 0 saturated heterocycles. The molecule has 25 heavy (non-hydrogen) atoms. The summed E-state index contributed by atoms with van der Waals surface area (Å²) >= 11 is 0. The van der Waals surface area contributed by atoms with Crippen molar-refractivity contribution in [1.29, 1.82) is 0 Å². The topological polar surface area (TPSA) is 27.6 Å². The second-order valence-electron chi connectivity index (χ2n) is 6.17. The van der Waals surface area contributed by atoms with Crippen LogP contribution in [0.4, 0.5) is 17.1 Å². The Hall–Kier alpha value is -3.07. The zero-order valence-electron chi connectivity index (χ0n) is 14.1. The lowest BCUT2D eigenvalue weighted by Gasteiger charge is -2.20. The van der Waals surface area contributed by atoms with Crippen LogP contribution in [0.5, 0.6) is 0 Å². The molecule has 4 rings (SSSR count). The van der Waals surface area contributed by atoms with E-state index < -0.39 is 0 Å². The zero-order valence-corrected chi connectivity index (χ0v) is 14.1. The van der Waals surface area contributed by atoms with Crippen LogP contribution >= 0.6 is 0 Å². The molecule has 0 amide bonds. The number of nitrogens with one attached hydrogen (secondary N) is 1. The summed E-state index contributed by atoms with van der Waals surface area (Å²) in [7, 11) is 0. The van der Waals surface area contributed by atoms with Crippen molar-refractivity contribution in [3.63, 3.8) is 0 Å². The normalized spacial score (nSPS) is 13.3. The number of fused-ring (bicyclic) bond motifs is 1. The number of anilines is 3. The predicted octanol–water partition coefficient (Wildman–Crippen LogP) is 5.22. The van der Waals surface area contributed by atoms with E-state index in [0.717, 1.165) is 29.9 Å². The molecule has 0 aromatic heterocycles. The van der Waals surface area contributed by atoms with Crippen molar-refractivity contribution in [2.45, 2.75) is 12.8 Å². The van der Waals surface area contributed by atoms with E-state index in [2.05, 4.69) is 47.8 Å². The van der Waals surface area contributed by atoms with E-state index in [-0.39, 0.29) is 0 Å². The fourth-order valence-corrected chi connectivity index (χ4v) is 3.10. The Kier molecular flexibility index (Phi) is 4.46. The van der Waals surface area contributed by atoms with Gasteiger partial charge in [-0.3, -0.25) is 0 Å². The van der Waals surface area contributed by atoms with Gasteiger partial charge in [0.25, 0.3) is 0 Å². The number of rotatable bonds is 4. The third-order valence-electron chi connectivity index (χ3n) is 4.40. The van der Waals surface area contributed by atoms with Gasteiger partial charge in [-0.25, -0.2) is 5.01 Å². The molecule has 1 N–H and O–H groups in total. The Morgan fingerprint density at radius 1 is 0.840 bits per heavy atom.